The summed E-state index contributed by atoms with van der Waals surface area (Å²) in [6, 6.07) is 14.3. The normalized spacial score (nSPS) is 24.3. The Morgan fingerprint density at radius 1 is 1.00 bits per heavy atom. The Kier molecular flexibility index (Phi) is 3.16. The van der Waals surface area contributed by atoms with E-state index in [1.165, 1.54) is 24.0 Å². The van der Waals surface area contributed by atoms with E-state index in [1.54, 1.807) is 0 Å². The van der Waals surface area contributed by atoms with Crippen LogP contribution in [0.25, 0.3) is 0 Å². The van der Waals surface area contributed by atoms with Gasteiger partial charge in [0.05, 0.1) is 0 Å². The van der Waals surface area contributed by atoms with Crippen molar-refractivity contribution in [2.75, 3.05) is 0 Å². The number of hydrogen-bond acceptors (Lipinski definition) is 2. The van der Waals surface area contributed by atoms with Crippen LogP contribution in [-0.4, -0.2) is 0 Å². The molecule has 1 heterocycles. The van der Waals surface area contributed by atoms with Gasteiger partial charge >= 0.3 is 0 Å². The van der Waals surface area contributed by atoms with Gasteiger partial charge in [0.2, 0.25) is 0 Å². The summed E-state index contributed by atoms with van der Waals surface area (Å²) >= 11 is 6.06. The molecule has 108 valence electrons. The van der Waals surface area contributed by atoms with E-state index in [0.29, 0.717) is 10.9 Å². The van der Waals surface area contributed by atoms with Gasteiger partial charge in [-0.2, -0.15) is 0 Å². The Bertz CT molecular complexity index is 681. The Balaban J connectivity index is 1.71. The lowest BCUT2D eigenvalue weighted by molar-refractivity contribution is 0.160. The fraction of sp³-hybridized carbons (Fsp3) is 0.333. The van der Waals surface area contributed by atoms with E-state index in [4.69, 9.17) is 22.1 Å². The Hall–Kier alpha value is -1.51. The Labute approximate surface area is 129 Å². The summed E-state index contributed by atoms with van der Waals surface area (Å²) in [5.41, 5.74) is 10.1. The predicted octanol–water partition coefficient (Wildman–Crippen LogP) is 4.74. The molecule has 2 aliphatic rings. The first-order valence-electron chi connectivity index (χ1n) is 7.53. The molecule has 2 N–H and O–H groups in total. The SMILES string of the molecule is N[C@H]1CC(c2ccccc2C2CC2)Oc2ccc(Cl)cc21. The summed E-state index contributed by atoms with van der Waals surface area (Å²) in [5.74, 6) is 1.58. The highest BCUT2D eigenvalue weighted by molar-refractivity contribution is 6.30. The third-order valence-corrected chi connectivity index (χ3v) is 4.70. The second-order valence-corrected chi connectivity index (χ2v) is 6.47. The van der Waals surface area contributed by atoms with Crippen LogP contribution in [0, 0.1) is 0 Å². The molecule has 1 saturated carbocycles. The van der Waals surface area contributed by atoms with Crippen LogP contribution in [0.15, 0.2) is 42.5 Å². The molecule has 2 nitrogen and oxygen atoms in total. The van der Waals surface area contributed by atoms with Crippen molar-refractivity contribution < 1.29 is 4.74 Å². The highest BCUT2D eigenvalue weighted by Crippen LogP contribution is 2.47. The molecule has 0 saturated heterocycles. The third kappa shape index (κ3) is 2.43. The molecule has 3 heteroatoms. The van der Waals surface area contributed by atoms with Crippen LogP contribution in [0.5, 0.6) is 5.75 Å². The molecule has 0 aromatic heterocycles. The van der Waals surface area contributed by atoms with Crippen molar-refractivity contribution in [1.82, 2.24) is 0 Å². The Morgan fingerprint density at radius 3 is 2.52 bits per heavy atom. The first-order chi connectivity index (χ1) is 10.2. The van der Waals surface area contributed by atoms with Crippen LogP contribution in [0.3, 0.4) is 0 Å². The van der Waals surface area contributed by atoms with E-state index >= 15 is 0 Å². The third-order valence-electron chi connectivity index (χ3n) is 4.47. The molecule has 1 fully saturated rings. The fourth-order valence-electron chi connectivity index (χ4n) is 3.24. The maximum Gasteiger partial charge on any atom is 0.126 e. The number of benzene rings is 2. The molecule has 2 aromatic rings. The molecule has 0 spiro atoms. The fourth-order valence-corrected chi connectivity index (χ4v) is 3.42. The van der Waals surface area contributed by atoms with E-state index in [1.807, 2.05) is 18.2 Å². The summed E-state index contributed by atoms with van der Waals surface area (Å²) < 4.78 is 6.22. The van der Waals surface area contributed by atoms with Crippen molar-refractivity contribution in [1.29, 1.82) is 0 Å². The van der Waals surface area contributed by atoms with Crippen molar-refractivity contribution in [3.8, 4) is 5.75 Å². The van der Waals surface area contributed by atoms with Crippen LogP contribution >= 0.6 is 11.6 Å². The van der Waals surface area contributed by atoms with Crippen molar-refractivity contribution in [3.05, 3.63) is 64.2 Å². The van der Waals surface area contributed by atoms with E-state index in [9.17, 15) is 0 Å². The van der Waals surface area contributed by atoms with Gasteiger partial charge in [-0.15, -0.1) is 0 Å². The summed E-state index contributed by atoms with van der Waals surface area (Å²) in [6.45, 7) is 0. The predicted molar refractivity (Wildman–Crippen MR) is 84.8 cm³/mol. The molecular formula is C18H18ClNO. The minimum Gasteiger partial charge on any atom is -0.485 e. The maximum absolute atomic E-state index is 6.35. The highest BCUT2D eigenvalue weighted by atomic mass is 35.5. The van der Waals surface area contributed by atoms with Gasteiger partial charge < -0.3 is 10.5 Å². The van der Waals surface area contributed by atoms with Crippen molar-refractivity contribution in [3.63, 3.8) is 0 Å². The van der Waals surface area contributed by atoms with Crippen LogP contribution in [0.1, 0.15) is 54.0 Å². The number of rotatable bonds is 2. The van der Waals surface area contributed by atoms with E-state index in [-0.39, 0.29) is 12.1 Å². The maximum atomic E-state index is 6.35. The first kappa shape index (κ1) is 13.2. The summed E-state index contributed by atoms with van der Waals surface area (Å²) in [7, 11) is 0. The van der Waals surface area contributed by atoms with E-state index in [2.05, 4.69) is 24.3 Å². The molecule has 1 unspecified atom stereocenters. The zero-order valence-electron chi connectivity index (χ0n) is 11.8. The summed E-state index contributed by atoms with van der Waals surface area (Å²) in [4.78, 5) is 0. The monoisotopic (exact) mass is 299 g/mol. The molecule has 1 aliphatic heterocycles. The molecule has 0 bridgehead atoms. The number of nitrogens with two attached hydrogens (primary N) is 1. The molecule has 0 radical (unpaired) electrons. The van der Waals surface area contributed by atoms with Crippen molar-refractivity contribution in [2.24, 2.45) is 5.73 Å². The van der Waals surface area contributed by atoms with Crippen LogP contribution in [0.4, 0.5) is 0 Å². The largest absolute Gasteiger partial charge is 0.485 e. The molecule has 2 atom stereocenters. The van der Waals surface area contributed by atoms with Gasteiger partial charge in [-0.05, 0) is 48.1 Å². The molecule has 1 aliphatic carbocycles. The molecular weight excluding hydrogens is 282 g/mol. The van der Waals surface area contributed by atoms with Crippen LogP contribution in [-0.2, 0) is 0 Å². The Morgan fingerprint density at radius 2 is 1.76 bits per heavy atom. The average Bonchev–Trinajstić information content (AvgIpc) is 3.32. The van der Waals surface area contributed by atoms with Crippen LogP contribution in [0.2, 0.25) is 5.02 Å². The number of ether oxygens (including phenoxy) is 1. The standard InChI is InChI=1S/C18H18ClNO/c19-12-7-8-17-15(9-12)16(20)10-18(21-17)14-4-2-1-3-13(14)11-5-6-11/h1-4,7-9,11,16,18H,5-6,10,20H2/t16-,18?/m0/s1. The van der Waals surface area contributed by atoms with Gasteiger partial charge in [0.25, 0.3) is 0 Å². The summed E-state index contributed by atoms with van der Waals surface area (Å²) in [5, 5.41) is 0.713. The second-order valence-electron chi connectivity index (χ2n) is 6.03. The summed E-state index contributed by atoms with van der Waals surface area (Å²) in [6.07, 6.45) is 3.44. The minimum atomic E-state index is -0.0234. The second kappa shape index (κ2) is 5.04. The zero-order chi connectivity index (χ0) is 14.4. The molecule has 2 aromatic carbocycles. The lowest BCUT2D eigenvalue weighted by atomic mass is 9.90. The van der Waals surface area contributed by atoms with E-state index < -0.39 is 0 Å². The van der Waals surface area contributed by atoms with Crippen molar-refractivity contribution in [2.45, 2.75) is 37.3 Å². The number of fused-ring (bicyclic) bond motifs is 1. The highest BCUT2D eigenvalue weighted by Gasteiger charge is 2.32. The lowest BCUT2D eigenvalue weighted by Crippen LogP contribution is -2.24. The van der Waals surface area contributed by atoms with Gasteiger partial charge in [0.15, 0.2) is 0 Å². The molecule has 21 heavy (non-hydrogen) atoms. The van der Waals surface area contributed by atoms with Gasteiger partial charge in [-0.1, -0.05) is 35.9 Å². The smallest absolute Gasteiger partial charge is 0.126 e. The first-order valence-corrected chi connectivity index (χ1v) is 7.90. The topological polar surface area (TPSA) is 35.2 Å². The van der Waals surface area contributed by atoms with Gasteiger partial charge in [0, 0.05) is 23.0 Å². The van der Waals surface area contributed by atoms with Gasteiger partial charge in [0.1, 0.15) is 11.9 Å². The zero-order valence-corrected chi connectivity index (χ0v) is 12.5. The quantitative estimate of drug-likeness (QED) is 0.869. The van der Waals surface area contributed by atoms with E-state index in [0.717, 1.165) is 17.7 Å². The number of halogens is 1. The minimum absolute atomic E-state index is 0.0234. The van der Waals surface area contributed by atoms with Gasteiger partial charge in [-0.25, -0.2) is 0 Å². The number of hydrogen-bond donors (Lipinski definition) is 1. The van der Waals surface area contributed by atoms with Crippen molar-refractivity contribution >= 4 is 11.6 Å². The molecule has 0 amide bonds. The lowest BCUT2D eigenvalue weighted by Gasteiger charge is -2.31. The molecule has 4 rings (SSSR count). The van der Waals surface area contributed by atoms with Gasteiger partial charge in [-0.3, -0.25) is 0 Å². The van der Waals surface area contributed by atoms with Crippen LogP contribution < -0.4 is 10.5 Å². The average molecular weight is 300 g/mol.